The molecule has 0 aliphatic carbocycles. The van der Waals surface area contributed by atoms with E-state index in [1.54, 1.807) is 6.07 Å². The molecule has 0 fully saturated rings. The van der Waals surface area contributed by atoms with Gasteiger partial charge in [0.1, 0.15) is 10.4 Å². The maximum atomic E-state index is 13.0. The summed E-state index contributed by atoms with van der Waals surface area (Å²) in [7, 11) is 0. The van der Waals surface area contributed by atoms with E-state index in [4.69, 9.17) is 11.6 Å². The van der Waals surface area contributed by atoms with Crippen LogP contribution in [0, 0.1) is 11.6 Å². The highest BCUT2D eigenvalue weighted by Gasteiger charge is 2.16. The van der Waals surface area contributed by atoms with Crippen molar-refractivity contribution in [2.24, 2.45) is 0 Å². The summed E-state index contributed by atoms with van der Waals surface area (Å²) in [6.07, 6.45) is -1.01. The van der Waals surface area contributed by atoms with Crippen LogP contribution < -0.4 is 0 Å². The predicted octanol–water partition coefficient (Wildman–Crippen LogP) is 4.52. The molecule has 0 radical (unpaired) electrons. The summed E-state index contributed by atoms with van der Waals surface area (Å²) in [5.74, 6) is -1.92. The highest BCUT2D eigenvalue weighted by Crippen LogP contribution is 2.37. The first-order valence-corrected chi connectivity index (χ1v) is 6.55. The van der Waals surface area contributed by atoms with Crippen LogP contribution in [0.25, 0.3) is 0 Å². The molecular formula is C11H6BrClF2OS. The molecule has 1 aromatic heterocycles. The molecule has 1 nitrogen and oxygen atoms in total. The number of rotatable bonds is 2. The number of benzene rings is 1. The fraction of sp³-hybridized carbons (Fsp3) is 0.0909. The molecule has 17 heavy (non-hydrogen) atoms. The topological polar surface area (TPSA) is 20.2 Å². The maximum Gasteiger partial charge on any atom is 0.159 e. The molecule has 1 aromatic carbocycles. The molecule has 6 heteroatoms. The van der Waals surface area contributed by atoms with E-state index in [9.17, 15) is 13.9 Å². The zero-order chi connectivity index (χ0) is 12.6. The summed E-state index contributed by atoms with van der Waals surface area (Å²) < 4.78 is 26.9. The fourth-order valence-corrected chi connectivity index (χ4v) is 3.10. The second-order valence-electron chi connectivity index (χ2n) is 3.35. The fourth-order valence-electron chi connectivity index (χ4n) is 1.34. The smallest absolute Gasteiger partial charge is 0.159 e. The molecule has 0 aliphatic heterocycles. The summed E-state index contributed by atoms with van der Waals surface area (Å²) in [6.45, 7) is 0. The summed E-state index contributed by atoms with van der Waals surface area (Å²) in [4.78, 5) is 0.563. The van der Waals surface area contributed by atoms with E-state index < -0.39 is 17.7 Å². The third kappa shape index (κ3) is 2.68. The van der Waals surface area contributed by atoms with Crippen LogP contribution in [0.15, 0.2) is 28.7 Å². The van der Waals surface area contributed by atoms with Gasteiger partial charge in [-0.15, -0.1) is 11.3 Å². The van der Waals surface area contributed by atoms with Crippen LogP contribution in [0.1, 0.15) is 16.5 Å². The summed E-state index contributed by atoms with van der Waals surface area (Å²) >= 11 is 10.2. The standard InChI is InChI=1S/C11H6BrClF2OS/c12-6-4-9(17-11(6)13)10(16)5-1-2-7(14)8(15)3-5/h1-4,10,16H. The quantitative estimate of drug-likeness (QED) is 0.852. The molecule has 0 aliphatic rings. The zero-order valence-electron chi connectivity index (χ0n) is 8.25. The molecular weight excluding hydrogens is 334 g/mol. The first kappa shape index (κ1) is 13.0. The molecule has 0 spiro atoms. The molecule has 2 rings (SSSR count). The van der Waals surface area contributed by atoms with E-state index in [-0.39, 0.29) is 5.56 Å². The van der Waals surface area contributed by atoms with E-state index in [2.05, 4.69) is 15.9 Å². The van der Waals surface area contributed by atoms with Gasteiger partial charge in [0.05, 0.1) is 0 Å². The SMILES string of the molecule is OC(c1ccc(F)c(F)c1)c1cc(Br)c(Cl)s1. The Morgan fingerprint density at radius 1 is 1.24 bits per heavy atom. The minimum Gasteiger partial charge on any atom is -0.383 e. The van der Waals surface area contributed by atoms with Crippen LogP contribution in [-0.4, -0.2) is 5.11 Å². The Hall–Kier alpha value is -0.490. The molecule has 0 amide bonds. The van der Waals surface area contributed by atoms with Crippen molar-refractivity contribution >= 4 is 38.9 Å². The van der Waals surface area contributed by atoms with Crippen molar-refractivity contribution in [3.63, 3.8) is 0 Å². The molecule has 1 N–H and O–H groups in total. The highest BCUT2D eigenvalue weighted by atomic mass is 79.9. The molecule has 2 aromatic rings. The molecule has 90 valence electrons. The third-order valence-electron chi connectivity index (χ3n) is 2.19. The first-order valence-electron chi connectivity index (χ1n) is 4.57. The zero-order valence-corrected chi connectivity index (χ0v) is 11.4. The van der Waals surface area contributed by atoms with Crippen molar-refractivity contribution in [3.05, 3.63) is 55.1 Å². The Labute approximate surface area is 114 Å². The first-order chi connectivity index (χ1) is 7.99. The lowest BCUT2D eigenvalue weighted by molar-refractivity contribution is 0.223. The normalized spacial score (nSPS) is 12.8. The van der Waals surface area contributed by atoms with E-state index in [1.807, 2.05) is 0 Å². The van der Waals surface area contributed by atoms with E-state index in [1.165, 1.54) is 17.4 Å². The maximum absolute atomic E-state index is 13.0. The van der Waals surface area contributed by atoms with E-state index >= 15 is 0 Å². The summed E-state index contributed by atoms with van der Waals surface area (Å²) in [5, 5.41) is 9.99. The molecule has 1 atom stereocenters. The van der Waals surface area contributed by atoms with Gasteiger partial charge in [-0.3, -0.25) is 0 Å². The van der Waals surface area contributed by atoms with Crippen LogP contribution in [0.3, 0.4) is 0 Å². The lowest BCUT2D eigenvalue weighted by Gasteiger charge is -2.08. The average molecular weight is 340 g/mol. The third-order valence-corrected chi connectivity index (χ3v) is 4.72. The Morgan fingerprint density at radius 2 is 1.94 bits per heavy atom. The van der Waals surface area contributed by atoms with E-state index in [0.717, 1.165) is 12.1 Å². The van der Waals surface area contributed by atoms with Crippen molar-refractivity contribution in [2.75, 3.05) is 0 Å². The highest BCUT2D eigenvalue weighted by molar-refractivity contribution is 9.10. The van der Waals surface area contributed by atoms with Gasteiger partial charge in [0.15, 0.2) is 11.6 Å². The predicted molar refractivity (Wildman–Crippen MR) is 67.4 cm³/mol. The Bertz CT molecular complexity index is 539. The van der Waals surface area contributed by atoms with Crippen molar-refractivity contribution in [3.8, 4) is 0 Å². The second kappa shape index (κ2) is 5.02. The van der Waals surface area contributed by atoms with Gasteiger partial charge < -0.3 is 5.11 Å². The van der Waals surface area contributed by atoms with Gasteiger partial charge in [0.2, 0.25) is 0 Å². The number of aliphatic hydroxyl groups excluding tert-OH is 1. The molecule has 0 bridgehead atoms. The second-order valence-corrected chi connectivity index (χ2v) is 5.89. The number of hydrogen-bond donors (Lipinski definition) is 1. The Morgan fingerprint density at radius 3 is 2.47 bits per heavy atom. The van der Waals surface area contributed by atoms with Gasteiger partial charge in [0, 0.05) is 9.35 Å². The number of aliphatic hydroxyl groups is 1. The van der Waals surface area contributed by atoms with Gasteiger partial charge in [-0.2, -0.15) is 0 Å². The molecule has 1 unspecified atom stereocenters. The minimum absolute atomic E-state index is 0.286. The molecule has 0 saturated heterocycles. The number of hydrogen-bond acceptors (Lipinski definition) is 2. The van der Waals surface area contributed by atoms with Crippen LogP contribution >= 0.6 is 38.9 Å². The van der Waals surface area contributed by atoms with Crippen LogP contribution in [-0.2, 0) is 0 Å². The van der Waals surface area contributed by atoms with Crippen LogP contribution in [0.4, 0.5) is 8.78 Å². The van der Waals surface area contributed by atoms with E-state index in [0.29, 0.717) is 13.7 Å². The van der Waals surface area contributed by atoms with Gasteiger partial charge in [-0.05, 0) is 39.7 Å². The van der Waals surface area contributed by atoms with Crippen LogP contribution in [0.5, 0.6) is 0 Å². The van der Waals surface area contributed by atoms with Crippen LogP contribution in [0.2, 0.25) is 4.34 Å². The minimum atomic E-state index is -1.01. The van der Waals surface area contributed by atoms with Crippen molar-refractivity contribution in [2.45, 2.75) is 6.10 Å². The summed E-state index contributed by atoms with van der Waals surface area (Å²) in [6, 6.07) is 4.95. The number of halogens is 4. The van der Waals surface area contributed by atoms with Crippen molar-refractivity contribution < 1.29 is 13.9 Å². The van der Waals surface area contributed by atoms with Crippen molar-refractivity contribution in [1.29, 1.82) is 0 Å². The van der Waals surface area contributed by atoms with Crippen molar-refractivity contribution in [1.82, 2.24) is 0 Å². The van der Waals surface area contributed by atoms with Gasteiger partial charge in [0.25, 0.3) is 0 Å². The number of thiophene rings is 1. The average Bonchev–Trinajstić information content (AvgIpc) is 2.62. The monoisotopic (exact) mass is 338 g/mol. The van der Waals surface area contributed by atoms with Gasteiger partial charge in [-0.25, -0.2) is 8.78 Å². The largest absolute Gasteiger partial charge is 0.383 e. The Balaban J connectivity index is 2.36. The lowest BCUT2D eigenvalue weighted by atomic mass is 10.1. The van der Waals surface area contributed by atoms with Gasteiger partial charge in [-0.1, -0.05) is 17.7 Å². The van der Waals surface area contributed by atoms with Gasteiger partial charge >= 0.3 is 0 Å². The molecule has 1 heterocycles. The summed E-state index contributed by atoms with van der Waals surface area (Å²) in [5.41, 5.74) is 0.286. The molecule has 0 saturated carbocycles. The lowest BCUT2D eigenvalue weighted by Crippen LogP contribution is -1.98. The Kier molecular flexibility index (Phi) is 3.82.